The van der Waals surface area contributed by atoms with Gasteiger partial charge in [0.05, 0.1) is 15.6 Å². The van der Waals surface area contributed by atoms with Crippen molar-refractivity contribution in [2.75, 3.05) is 6.61 Å². The number of amides is 2. The monoisotopic (exact) mass is 421 g/mol. The third kappa shape index (κ3) is 5.26. The molecule has 0 aromatic heterocycles. The Morgan fingerprint density at radius 1 is 1.22 bits per heavy atom. The van der Waals surface area contributed by atoms with E-state index in [0.717, 1.165) is 0 Å². The molecule has 0 atom stereocenters. The van der Waals surface area contributed by atoms with Crippen molar-refractivity contribution in [2.45, 2.75) is 0 Å². The average Bonchev–Trinajstić information content (AvgIpc) is 2.95. The molecule has 3 rings (SSSR count). The predicted molar refractivity (Wildman–Crippen MR) is 108 cm³/mol. The minimum absolute atomic E-state index is 0.252. The molecule has 0 unspecified atom stereocenters. The highest BCUT2D eigenvalue weighted by Gasteiger charge is 2.23. The number of hydrogen-bond acceptors (Lipinski definition) is 5. The summed E-state index contributed by atoms with van der Waals surface area (Å²) in [5.41, 5.74) is 6.43. The number of nitrogens with two attached hydrogens (primary N) is 1. The minimum atomic E-state index is -0.594. The van der Waals surface area contributed by atoms with Crippen molar-refractivity contribution in [1.82, 2.24) is 5.32 Å². The molecule has 2 aromatic carbocycles. The van der Waals surface area contributed by atoms with Gasteiger partial charge in [0.2, 0.25) is 0 Å². The van der Waals surface area contributed by atoms with Gasteiger partial charge in [-0.3, -0.25) is 9.59 Å². The molecule has 0 radical (unpaired) electrons. The Morgan fingerprint density at radius 3 is 2.63 bits per heavy atom. The van der Waals surface area contributed by atoms with Crippen molar-refractivity contribution < 1.29 is 14.3 Å². The molecule has 9 heteroatoms. The first-order valence-corrected chi connectivity index (χ1v) is 9.24. The number of rotatable bonds is 5. The molecule has 0 bridgehead atoms. The van der Waals surface area contributed by atoms with E-state index in [4.69, 9.17) is 33.7 Å². The van der Waals surface area contributed by atoms with Gasteiger partial charge in [-0.15, -0.1) is 0 Å². The van der Waals surface area contributed by atoms with Crippen LogP contribution in [0, 0.1) is 0 Å². The van der Waals surface area contributed by atoms with Crippen molar-refractivity contribution >= 4 is 63.7 Å². The van der Waals surface area contributed by atoms with Crippen molar-refractivity contribution in [3.8, 4) is 5.75 Å². The molecule has 1 saturated heterocycles. The Kier molecular flexibility index (Phi) is 6.05. The molecule has 2 aromatic rings. The van der Waals surface area contributed by atoms with E-state index >= 15 is 0 Å². The first-order valence-electron chi connectivity index (χ1n) is 7.66. The Morgan fingerprint density at radius 2 is 1.96 bits per heavy atom. The molecule has 1 aliphatic heterocycles. The highest BCUT2D eigenvalue weighted by Crippen LogP contribution is 2.31. The normalized spacial score (nSPS) is 16.6. The van der Waals surface area contributed by atoms with Gasteiger partial charge in [-0.1, -0.05) is 29.3 Å². The molecule has 0 saturated carbocycles. The van der Waals surface area contributed by atoms with Crippen LogP contribution in [0.1, 0.15) is 5.56 Å². The third-order valence-electron chi connectivity index (χ3n) is 3.33. The van der Waals surface area contributed by atoms with Crippen LogP contribution in [0.4, 0.5) is 5.69 Å². The summed E-state index contributed by atoms with van der Waals surface area (Å²) in [4.78, 5) is 27.8. The van der Waals surface area contributed by atoms with Crippen molar-refractivity contribution in [3.05, 3.63) is 63.0 Å². The Hall–Kier alpha value is -2.48. The van der Waals surface area contributed by atoms with E-state index in [1.807, 2.05) is 0 Å². The van der Waals surface area contributed by atoms with E-state index in [2.05, 4.69) is 10.3 Å². The largest absolute Gasteiger partial charge is 0.482 e. The number of carbonyl (C=O) groups is 2. The van der Waals surface area contributed by atoms with Crippen LogP contribution in [0.25, 0.3) is 6.08 Å². The minimum Gasteiger partial charge on any atom is -0.482 e. The van der Waals surface area contributed by atoms with Crippen LogP contribution in [0.15, 0.2) is 52.4 Å². The van der Waals surface area contributed by atoms with Crippen LogP contribution in [-0.4, -0.2) is 23.6 Å². The SMILES string of the molecule is NC(=O)COc1ccc(/C=C2\SC(=Nc3ccc(Cl)cc3)NC2=O)cc1Cl. The first kappa shape index (κ1) is 19.3. The van der Waals surface area contributed by atoms with Gasteiger partial charge in [0.1, 0.15) is 5.75 Å². The van der Waals surface area contributed by atoms with E-state index in [-0.39, 0.29) is 12.5 Å². The number of nitrogens with zero attached hydrogens (tertiary/aromatic N) is 1. The molecule has 138 valence electrons. The fourth-order valence-corrected chi connectivity index (χ4v) is 3.35. The first-order chi connectivity index (χ1) is 12.9. The summed E-state index contributed by atoms with van der Waals surface area (Å²) in [6, 6.07) is 11.9. The number of carbonyl (C=O) groups excluding carboxylic acids is 2. The molecular formula is C18H13Cl2N3O3S. The number of benzene rings is 2. The fraction of sp³-hybridized carbons (Fsp3) is 0.0556. The number of amidine groups is 1. The predicted octanol–water partition coefficient (Wildman–Crippen LogP) is 3.75. The lowest BCUT2D eigenvalue weighted by atomic mass is 10.2. The highest BCUT2D eigenvalue weighted by molar-refractivity contribution is 8.18. The second-order valence-corrected chi connectivity index (χ2v) is 7.28. The molecule has 3 N–H and O–H groups in total. The van der Waals surface area contributed by atoms with Gasteiger partial charge in [-0.25, -0.2) is 4.99 Å². The zero-order valence-electron chi connectivity index (χ0n) is 13.7. The molecule has 2 amide bonds. The lowest BCUT2D eigenvalue weighted by Crippen LogP contribution is -2.20. The maximum atomic E-state index is 12.2. The Bertz CT molecular complexity index is 959. The number of aliphatic imine (C=N–C) groups is 1. The van der Waals surface area contributed by atoms with Gasteiger partial charge in [0.25, 0.3) is 11.8 Å². The second kappa shape index (κ2) is 8.47. The lowest BCUT2D eigenvalue weighted by molar-refractivity contribution is -0.120. The summed E-state index contributed by atoms with van der Waals surface area (Å²) >= 11 is 13.2. The topological polar surface area (TPSA) is 93.8 Å². The summed E-state index contributed by atoms with van der Waals surface area (Å²) in [5, 5.41) is 4.11. The highest BCUT2D eigenvalue weighted by atomic mass is 35.5. The van der Waals surface area contributed by atoms with Crippen LogP contribution in [0.3, 0.4) is 0 Å². The average molecular weight is 422 g/mol. The van der Waals surface area contributed by atoms with Crippen LogP contribution in [0.2, 0.25) is 10.0 Å². The van der Waals surface area contributed by atoms with Gasteiger partial charge in [-0.05, 0) is 59.8 Å². The zero-order valence-corrected chi connectivity index (χ0v) is 16.1. The summed E-state index contributed by atoms with van der Waals surface area (Å²) in [6.07, 6.45) is 1.69. The Labute approximate surface area is 169 Å². The quantitative estimate of drug-likeness (QED) is 0.718. The van der Waals surface area contributed by atoms with Gasteiger partial charge in [0.15, 0.2) is 11.8 Å². The Balaban J connectivity index is 1.75. The number of primary amides is 1. The lowest BCUT2D eigenvalue weighted by Gasteiger charge is -2.06. The van der Waals surface area contributed by atoms with E-state index in [0.29, 0.717) is 37.1 Å². The van der Waals surface area contributed by atoms with Crippen molar-refractivity contribution in [3.63, 3.8) is 0 Å². The molecule has 1 aliphatic rings. The van der Waals surface area contributed by atoms with Crippen LogP contribution >= 0.6 is 35.0 Å². The van der Waals surface area contributed by atoms with E-state index < -0.39 is 5.91 Å². The number of thioether (sulfide) groups is 1. The number of halogens is 2. The third-order valence-corrected chi connectivity index (χ3v) is 4.79. The molecule has 0 aliphatic carbocycles. The van der Waals surface area contributed by atoms with Gasteiger partial charge in [-0.2, -0.15) is 0 Å². The van der Waals surface area contributed by atoms with Crippen molar-refractivity contribution in [1.29, 1.82) is 0 Å². The molecule has 27 heavy (non-hydrogen) atoms. The van der Waals surface area contributed by atoms with Crippen LogP contribution in [-0.2, 0) is 9.59 Å². The van der Waals surface area contributed by atoms with Gasteiger partial charge in [0, 0.05) is 5.02 Å². The summed E-state index contributed by atoms with van der Waals surface area (Å²) in [5.74, 6) is -0.507. The molecule has 1 heterocycles. The van der Waals surface area contributed by atoms with E-state index in [9.17, 15) is 9.59 Å². The number of ether oxygens (including phenoxy) is 1. The fourth-order valence-electron chi connectivity index (χ4n) is 2.14. The second-order valence-electron chi connectivity index (χ2n) is 5.40. The zero-order chi connectivity index (χ0) is 19.4. The number of hydrogen-bond donors (Lipinski definition) is 2. The summed E-state index contributed by atoms with van der Waals surface area (Å²) < 4.78 is 5.20. The molecule has 0 spiro atoms. The summed E-state index contributed by atoms with van der Waals surface area (Å²) in [6.45, 7) is -0.261. The number of nitrogens with one attached hydrogen (secondary N) is 1. The van der Waals surface area contributed by atoms with Gasteiger partial charge >= 0.3 is 0 Å². The van der Waals surface area contributed by atoms with Gasteiger partial charge < -0.3 is 15.8 Å². The standard InChI is InChI=1S/C18H13Cl2N3O3S/c19-11-2-4-12(5-3-11)22-18-23-17(25)15(27-18)8-10-1-6-14(13(20)7-10)26-9-16(21)24/h1-8H,9H2,(H2,21,24)(H,22,23,25)/b15-8-. The van der Waals surface area contributed by atoms with Crippen LogP contribution in [0.5, 0.6) is 5.75 Å². The molecule has 1 fully saturated rings. The van der Waals surface area contributed by atoms with E-state index in [1.165, 1.54) is 11.8 Å². The van der Waals surface area contributed by atoms with Crippen molar-refractivity contribution in [2.24, 2.45) is 10.7 Å². The van der Waals surface area contributed by atoms with E-state index in [1.54, 1.807) is 48.5 Å². The maximum absolute atomic E-state index is 12.2. The summed E-state index contributed by atoms with van der Waals surface area (Å²) in [7, 11) is 0. The van der Waals surface area contributed by atoms with Crippen LogP contribution < -0.4 is 15.8 Å². The molecular weight excluding hydrogens is 409 g/mol. The smallest absolute Gasteiger partial charge is 0.264 e. The maximum Gasteiger partial charge on any atom is 0.264 e. The molecule has 6 nitrogen and oxygen atoms in total.